The normalized spacial score (nSPS) is 19.5. The predicted molar refractivity (Wildman–Crippen MR) is 182 cm³/mol. The van der Waals surface area contributed by atoms with Crippen LogP contribution in [0, 0.1) is 18.8 Å². The van der Waals surface area contributed by atoms with Crippen molar-refractivity contribution >= 4 is 39.5 Å². The second-order valence-electron chi connectivity index (χ2n) is 12.4. The molecule has 0 saturated heterocycles. The molecule has 2 aromatic rings. The summed E-state index contributed by atoms with van der Waals surface area (Å²) < 4.78 is 37.5. The highest BCUT2D eigenvalue weighted by atomic mass is 32.2. The van der Waals surface area contributed by atoms with Crippen LogP contribution in [0.2, 0.25) is 0 Å². The molecule has 0 aliphatic heterocycles. The van der Waals surface area contributed by atoms with Gasteiger partial charge in [-0.1, -0.05) is 18.2 Å². The van der Waals surface area contributed by atoms with Crippen molar-refractivity contribution in [2.24, 2.45) is 11.8 Å². The molecule has 0 radical (unpaired) electrons. The van der Waals surface area contributed by atoms with Crippen LogP contribution < -0.4 is 15.4 Å². The maximum absolute atomic E-state index is 13.6. The van der Waals surface area contributed by atoms with E-state index in [4.69, 9.17) is 9.15 Å². The molecular weight excluding hydrogens is 638 g/mol. The van der Waals surface area contributed by atoms with Crippen LogP contribution in [0.3, 0.4) is 0 Å². The summed E-state index contributed by atoms with van der Waals surface area (Å²) in [5.74, 6) is -2.59. The molecule has 1 aromatic carbocycles. The summed E-state index contributed by atoms with van der Waals surface area (Å²) >= 11 is 0. The van der Waals surface area contributed by atoms with Gasteiger partial charge in [0.2, 0.25) is 33.6 Å². The first kappa shape index (κ1) is 36.4. The highest BCUT2D eigenvalue weighted by molar-refractivity contribution is 7.90. The maximum Gasteiger partial charge on any atom is 0.411 e. The number of nitrogens with zero attached hydrogens (tertiary/aromatic N) is 2. The third-order valence-corrected chi connectivity index (χ3v) is 10.4. The van der Waals surface area contributed by atoms with E-state index in [0.29, 0.717) is 36.5 Å². The maximum atomic E-state index is 13.6. The molecule has 2 aliphatic carbocycles. The number of aryl methyl sites for hydroxylation is 1. The molecule has 48 heavy (non-hydrogen) atoms. The molecule has 0 bridgehead atoms. The smallest absolute Gasteiger partial charge is 0.411 e. The van der Waals surface area contributed by atoms with Gasteiger partial charge in [-0.15, -0.1) is 13.2 Å². The Labute approximate surface area is 283 Å². The van der Waals surface area contributed by atoms with E-state index in [1.807, 2.05) is 19.1 Å². The molecule has 4 atom stereocenters. The van der Waals surface area contributed by atoms with Crippen molar-refractivity contribution in [1.82, 2.24) is 19.9 Å². The van der Waals surface area contributed by atoms with E-state index in [1.54, 1.807) is 24.1 Å². The van der Waals surface area contributed by atoms with Crippen LogP contribution in [-0.4, -0.2) is 73.1 Å². The van der Waals surface area contributed by atoms with Crippen LogP contribution in [0.5, 0.6) is 0 Å². The second-order valence-corrected chi connectivity index (χ2v) is 14.4. The minimum atomic E-state index is -3.68. The zero-order valence-corrected chi connectivity index (χ0v) is 28.3. The lowest BCUT2D eigenvalue weighted by Gasteiger charge is -2.25. The fourth-order valence-electron chi connectivity index (χ4n) is 5.77. The van der Waals surface area contributed by atoms with Gasteiger partial charge in [0.1, 0.15) is 12.4 Å². The van der Waals surface area contributed by atoms with Crippen molar-refractivity contribution in [1.29, 1.82) is 0 Å². The number of hydrogen-bond donors (Lipinski definition) is 3. The minimum absolute atomic E-state index is 0. The number of benzene rings is 1. The quantitative estimate of drug-likeness (QED) is 0.157. The molecule has 0 spiro atoms. The molecule has 1 heterocycles. The summed E-state index contributed by atoms with van der Waals surface area (Å²) in [5, 5.41) is 5.07. The summed E-state index contributed by atoms with van der Waals surface area (Å²) in [6.45, 7) is 9.85. The van der Waals surface area contributed by atoms with Crippen LogP contribution in [0.4, 0.5) is 10.5 Å². The zero-order valence-electron chi connectivity index (χ0n) is 27.5. The SMILES string of the molecule is C=CCCCCN(C)C(=O)[C@@H]1C[C@H](OC(=O)Nc2cc(C)ccc2-c2ncco2)C[C@H]1C(=O)NC(C=C)CCC(=O)NS(=O)(=O)C1CC1.[HH]. The number of unbranched alkanes of at least 4 members (excludes halogenated alkanes) is 2. The lowest BCUT2D eigenvalue weighted by atomic mass is 9.93. The van der Waals surface area contributed by atoms with E-state index in [1.165, 1.54) is 18.5 Å². The van der Waals surface area contributed by atoms with Gasteiger partial charge in [0, 0.05) is 27.5 Å². The Kier molecular flexibility index (Phi) is 12.6. The van der Waals surface area contributed by atoms with Crippen LogP contribution in [-0.2, 0) is 29.1 Å². The molecule has 2 aliphatic rings. The number of ether oxygens (including phenoxy) is 1. The average molecular weight is 686 g/mol. The Morgan fingerprint density at radius 1 is 1.17 bits per heavy atom. The highest BCUT2D eigenvalue weighted by Crippen LogP contribution is 2.36. The van der Waals surface area contributed by atoms with Crippen molar-refractivity contribution in [3.63, 3.8) is 0 Å². The van der Waals surface area contributed by atoms with E-state index in [2.05, 4.69) is 33.5 Å². The predicted octanol–water partition coefficient (Wildman–Crippen LogP) is 4.71. The molecule has 3 N–H and O–H groups in total. The van der Waals surface area contributed by atoms with Gasteiger partial charge in [-0.2, -0.15) is 0 Å². The number of oxazole rings is 1. The number of amides is 4. The number of sulfonamides is 1. The standard InChI is InChI=1S/C34H45N5O8S.H2/c1-5-7-8-9-17-39(4)33(42)28-21-24(47-34(43)37-29-19-22(3)10-14-26(29)32-35-16-18-46-32)20-27(28)31(41)36-23(6-2)11-15-30(40)38-48(44,45)25-12-13-25;/h5-6,10,14,16,18-19,23-25,27-28H,1-2,7-9,11-13,15,17,20-21H2,3-4H3,(H,36,41)(H,37,43)(H,38,40);1H/t23?,24-,27-,28-;/m1./s1. The van der Waals surface area contributed by atoms with Crippen LogP contribution in [0.15, 0.2) is 60.4 Å². The largest absolute Gasteiger partial charge is 0.446 e. The number of carbonyl (C=O) groups is 4. The van der Waals surface area contributed by atoms with E-state index in [-0.39, 0.29) is 33.0 Å². The summed E-state index contributed by atoms with van der Waals surface area (Å²) in [6.07, 6.45) is 8.45. The minimum Gasteiger partial charge on any atom is -0.446 e. The number of anilines is 1. The Balaban J connectivity index is 0.00000650. The van der Waals surface area contributed by atoms with E-state index < -0.39 is 57.2 Å². The van der Waals surface area contributed by atoms with E-state index in [9.17, 15) is 27.6 Å². The van der Waals surface area contributed by atoms with Crippen LogP contribution in [0.25, 0.3) is 11.5 Å². The number of nitrogens with one attached hydrogen (secondary N) is 3. The van der Waals surface area contributed by atoms with Gasteiger partial charge in [-0.25, -0.2) is 18.2 Å². The van der Waals surface area contributed by atoms with Gasteiger partial charge in [-0.05, 0) is 76.0 Å². The van der Waals surface area contributed by atoms with Crippen molar-refractivity contribution in [3.05, 3.63) is 61.5 Å². The third kappa shape index (κ3) is 10.0. The Morgan fingerprint density at radius 3 is 2.58 bits per heavy atom. The number of aromatic nitrogens is 1. The molecule has 14 heteroatoms. The molecule has 4 amide bonds. The fraction of sp³-hybridized carbons (Fsp3) is 0.500. The molecule has 1 aromatic heterocycles. The number of carbonyl (C=O) groups excluding carboxylic acids is 4. The Bertz CT molecular complexity index is 1600. The molecule has 1 unspecified atom stereocenters. The van der Waals surface area contributed by atoms with Crippen molar-refractivity contribution in [3.8, 4) is 11.5 Å². The Morgan fingerprint density at radius 2 is 1.92 bits per heavy atom. The molecule has 13 nitrogen and oxygen atoms in total. The van der Waals surface area contributed by atoms with Crippen molar-refractivity contribution < 1.29 is 38.2 Å². The first-order chi connectivity index (χ1) is 22.9. The topological polar surface area (TPSA) is 177 Å². The van der Waals surface area contributed by atoms with Gasteiger partial charge in [-0.3, -0.25) is 24.4 Å². The fourth-order valence-corrected chi connectivity index (χ4v) is 7.12. The number of hydrogen-bond acceptors (Lipinski definition) is 9. The molecule has 2 saturated carbocycles. The van der Waals surface area contributed by atoms with Crippen LogP contribution in [0.1, 0.15) is 64.8 Å². The van der Waals surface area contributed by atoms with Gasteiger partial charge in [0.25, 0.3) is 0 Å². The lowest BCUT2D eigenvalue weighted by molar-refractivity contribution is -0.140. The Hall–Kier alpha value is -4.46. The van der Waals surface area contributed by atoms with Crippen LogP contribution >= 0.6 is 0 Å². The van der Waals surface area contributed by atoms with Gasteiger partial charge in [0.05, 0.1) is 34.5 Å². The summed E-state index contributed by atoms with van der Waals surface area (Å²) in [4.78, 5) is 58.5. The molecule has 4 rings (SSSR count). The summed E-state index contributed by atoms with van der Waals surface area (Å²) in [5.41, 5.74) is 1.88. The molecular formula is C34H47N5O8S. The van der Waals surface area contributed by atoms with Gasteiger partial charge < -0.3 is 19.4 Å². The zero-order chi connectivity index (χ0) is 34.8. The first-order valence-corrected chi connectivity index (χ1v) is 17.8. The highest BCUT2D eigenvalue weighted by Gasteiger charge is 2.45. The van der Waals surface area contributed by atoms with E-state index >= 15 is 0 Å². The van der Waals surface area contributed by atoms with Gasteiger partial charge >= 0.3 is 6.09 Å². The summed E-state index contributed by atoms with van der Waals surface area (Å²) in [7, 11) is -1.99. The van der Waals surface area contributed by atoms with Crippen molar-refractivity contribution in [2.45, 2.75) is 82.1 Å². The molecule has 2 fully saturated rings. The first-order valence-electron chi connectivity index (χ1n) is 16.2. The van der Waals surface area contributed by atoms with E-state index in [0.717, 1.165) is 24.8 Å². The number of rotatable bonds is 17. The number of allylic oxidation sites excluding steroid dienone is 1. The van der Waals surface area contributed by atoms with Crippen molar-refractivity contribution in [2.75, 3.05) is 18.9 Å². The summed E-state index contributed by atoms with van der Waals surface area (Å²) in [6, 6.07) is 4.74. The molecule has 262 valence electrons. The third-order valence-electron chi connectivity index (χ3n) is 8.56. The lowest BCUT2D eigenvalue weighted by Crippen LogP contribution is -2.44. The monoisotopic (exact) mass is 685 g/mol. The second kappa shape index (κ2) is 16.6. The van der Waals surface area contributed by atoms with Gasteiger partial charge in [0.15, 0.2) is 0 Å². The average Bonchev–Trinajstić information content (AvgIpc) is 3.63.